The van der Waals surface area contributed by atoms with Gasteiger partial charge in [0.15, 0.2) is 5.78 Å². The summed E-state index contributed by atoms with van der Waals surface area (Å²) < 4.78 is 0. The molecule has 1 heterocycles. The van der Waals surface area contributed by atoms with Crippen LogP contribution in [0.2, 0.25) is 0 Å². The van der Waals surface area contributed by atoms with Gasteiger partial charge in [0.1, 0.15) is 0 Å². The molecule has 0 spiro atoms. The number of thiazole rings is 1. The number of Topliss-reactive ketones (excluding diaryl/α,β-unsaturated/α-hetero) is 1. The summed E-state index contributed by atoms with van der Waals surface area (Å²) in [5.41, 5.74) is -0.248. The number of nitrogens with zero attached hydrogens (tertiary/aromatic N) is 2. The minimum atomic E-state index is -0.248. The predicted octanol–water partition coefficient (Wildman–Crippen LogP) is 2.91. The van der Waals surface area contributed by atoms with Crippen LogP contribution in [0.4, 0.5) is 0 Å². The van der Waals surface area contributed by atoms with Crippen LogP contribution in [-0.4, -0.2) is 35.3 Å². The van der Waals surface area contributed by atoms with Crippen LogP contribution < -0.4 is 0 Å². The van der Waals surface area contributed by atoms with Crippen molar-refractivity contribution >= 4 is 17.1 Å². The Bertz CT molecular complexity index is 379. The number of rotatable bonds is 4. The van der Waals surface area contributed by atoms with E-state index in [0.29, 0.717) is 12.2 Å². The van der Waals surface area contributed by atoms with Crippen molar-refractivity contribution in [3.8, 4) is 0 Å². The summed E-state index contributed by atoms with van der Waals surface area (Å²) in [6, 6.07) is 0. The average molecular weight is 266 g/mol. The van der Waals surface area contributed by atoms with Gasteiger partial charge in [-0.25, -0.2) is 4.98 Å². The second-order valence-electron chi connectivity index (χ2n) is 5.37. The number of hydrogen-bond acceptors (Lipinski definition) is 4. The smallest absolute Gasteiger partial charge is 0.159 e. The summed E-state index contributed by atoms with van der Waals surface area (Å²) in [6.07, 6.45) is 9.15. The summed E-state index contributed by atoms with van der Waals surface area (Å²) in [5, 5.41) is 2.89. The van der Waals surface area contributed by atoms with Gasteiger partial charge in [-0.15, -0.1) is 11.3 Å². The summed E-state index contributed by atoms with van der Waals surface area (Å²) in [4.78, 5) is 19.1. The zero-order chi connectivity index (χ0) is 13.0. The second kappa shape index (κ2) is 5.93. The normalized spacial score (nSPS) is 19.7. The third kappa shape index (κ3) is 2.81. The van der Waals surface area contributed by atoms with Crippen LogP contribution in [0.5, 0.6) is 0 Å². The highest BCUT2D eigenvalue weighted by atomic mass is 32.1. The maximum absolute atomic E-state index is 12.7. The van der Waals surface area contributed by atoms with Gasteiger partial charge in [-0.05, 0) is 26.9 Å². The largest absolute Gasteiger partial charge is 0.297 e. The number of aromatic nitrogens is 1. The van der Waals surface area contributed by atoms with Crippen LogP contribution in [0.3, 0.4) is 0 Å². The minimum Gasteiger partial charge on any atom is -0.297 e. The van der Waals surface area contributed by atoms with Crippen LogP contribution >= 0.6 is 11.3 Å². The van der Waals surface area contributed by atoms with Gasteiger partial charge < -0.3 is 0 Å². The third-order valence-corrected chi connectivity index (χ3v) is 4.88. The fourth-order valence-electron chi connectivity index (χ4n) is 2.93. The van der Waals surface area contributed by atoms with E-state index in [0.717, 1.165) is 17.8 Å². The van der Waals surface area contributed by atoms with E-state index in [1.807, 2.05) is 19.5 Å². The zero-order valence-corrected chi connectivity index (χ0v) is 12.1. The number of ketones is 1. The molecule has 1 aliphatic carbocycles. The first-order chi connectivity index (χ1) is 8.65. The van der Waals surface area contributed by atoms with Crippen LogP contribution in [0.25, 0.3) is 0 Å². The Morgan fingerprint density at radius 2 is 2.00 bits per heavy atom. The van der Waals surface area contributed by atoms with Gasteiger partial charge in [0.2, 0.25) is 0 Å². The van der Waals surface area contributed by atoms with Gasteiger partial charge in [-0.1, -0.05) is 25.7 Å². The number of carbonyl (C=O) groups is 1. The number of carbonyl (C=O) groups excluding carboxylic acids is 1. The molecule has 0 aromatic carbocycles. The molecular formula is C14H22N2OS. The molecular weight excluding hydrogens is 244 g/mol. The van der Waals surface area contributed by atoms with E-state index < -0.39 is 0 Å². The van der Waals surface area contributed by atoms with E-state index in [2.05, 4.69) is 9.88 Å². The molecule has 0 unspecified atom stereocenters. The monoisotopic (exact) mass is 266 g/mol. The van der Waals surface area contributed by atoms with Crippen LogP contribution in [0.15, 0.2) is 11.6 Å². The predicted molar refractivity (Wildman–Crippen MR) is 74.9 cm³/mol. The lowest BCUT2D eigenvalue weighted by Crippen LogP contribution is -2.51. The van der Waals surface area contributed by atoms with Gasteiger partial charge in [0.05, 0.1) is 17.0 Å². The van der Waals surface area contributed by atoms with E-state index in [4.69, 9.17) is 0 Å². The van der Waals surface area contributed by atoms with Gasteiger partial charge in [-0.3, -0.25) is 9.69 Å². The van der Waals surface area contributed by atoms with Crippen LogP contribution in [0.1, 0.15) is 43.5 Å². The number of hydrogen-bond donors (Lipinski definition) is 0. The molecule has 4 heteroatoms. The van der Waals surface area contributed by atoms with E-state index in [-0.39, 0.29) is 5.54 Å². The summed E-state index contributed by atoms with van der Waals surface area (Å²) in [5.74, 6) is 0.351. The molecule has 0 saturated heterocycles. The fraction of sp³-hybridized carbons (Fsp3) is 0.714. The molecule has 0 N–H and O–H groups in total. The maximum atomic E-state index is 12.7. The quantitative estimate of drug-likeness (QED) is 0.786. The molecule has 0 bridgehead atoms. The van der Waals surface area contributed by atoms with Crippen molar-refractivity contribution in [1.29, 1.82) is 0 Å². The molecule has 0 atom stereocenters. The van der Waals surface area contributed by atoms with Crippen LogP contribution in [0, 0.1) is 0 Å². The molecule has 2 rings (SSSR count). The van der Waals surface area contributed by atoms with Crippen molar-refractivity contribution in [2.45, 2.75) is 50.5 Å². The first-order valence-corrected chi connectivity index (χ1v) is 7.62. The highest BCUT2D eigenvalue weighted by Gasteiger charge is 2.40. The molecule has 18 heavy (non-hydrogen) atoms. The summed E-state index contributed by atoms with van der Waals surface area (Å²) in [6.45, 7) is 0. The summed E-state index contributed by atoms with van der Waals surface area (Å²) >= 11 is 1.58. The molecule has 1 aromatic rings. The lowest BCUT2D eigenvalue weighted by atomic mass is 9.83. The Labute approximate surface area is 113 Å². The van der Waals surface area contributed by atoms with Crippen molar-refractivity contribution in [1.82, 2.24) is 9.88 Å². The van der Waals surface area contributed by atoms with Gasteiger partial charge in [0.25, 0.3) is 0 Å². The molecule has 100 valence electrons. The van der Waals surface area contributed by atoms with Gasteiger partial charge in [0, 0.05) is 11.6 Å². The molecule has 0 radical (unpaired) electrons. The van der Waals surface area contributed by atoms with E-state index in [1.54, 1.807) is 17.5 Å². The van der Waals surface area contributed by atoms with Crippen molar-refractivity contribution in [3.05, 3.63) is 16.6 Å². The SMILES string of the molecule is CN(C)C1(C(=O)Cc2nccs2)CCCCCC1. The Hall–Kier alpha value is -0.740. The number of likely N-dealkylation sites (N-methyl/N-ethyl adjacent to an activating group) is 1. The lowest BCUT2D eigenvalue weighted by molar-refractivity contribution is -0.130. The highest BCUT2D eigenvalue weighted by Crippen LogP contribution is 2.33. The fourth-order valence-corrected chi connectivity index (χ4v) is 3.55. The Morgan fingerprint density at radius 1 is 1.33 bits per heavy atom. The van der Waals surface area contributed by atoms with E-state index >= 15 is 0 Å². The van der Waals surface area contributed by atoms with Gasteiger partial charge >= 0.3 is 0 Å². The molecule has 1 saturated carbocycles. The first-order valence-electron chi connectivity index (χ1n) is 6.74. The van der Waals surface area contributed by atoms with Crippen LogP contribution in [-0.2, 0) is 11.2 Å². The maximum Gasteiger partial charge on any atom is 0.159 e. The van der Waals surface area contributed by atoms with Crippen molar-refractivity contribution < 1.29 is 4.79 Å². The van der Waals surface area contributed by atoms with Gasteiger partial charge in [-0.2, -0.15) is 0 Å². The molecule has 1 aliphatic rings. The highest BCUT2D eigenvalue weighted by molar-refractivity contribution is 7.09. The minimum absolute atomic E-state index is 0.248. The first kappa shape index (κ1) is 13.7. The van der Waals surface area contributed by atoms with Crippen molar-refractivity contribution in [2.24, 2.45) is 0 Å². The third-order valence-electron chi connectivity index (χ3n) is 4.10. The molecule has 0 aliphatic heterocycles. The molecule has 1 aromatic heterocycles. The average Bonchev–Trinajstić information content (AvgIpc) is 2.70. The standard InChI is InChI=1S/C14H22N2OS/c1-16(2)14(7-5-3-4-6-8-14)12(17)11-13-15-9-10-18-13/h9-10H,3-8,11H2,1-2H3. The van der Waals surface area contributed by atoms with Crippen molar-refractivity contribution in [2.75, 3.05) is 14.1 Å². The van der Waals surface area contributed by atoms with Crippen molar-refractivity contribution in [3.63, 3.8) is 0 Å². The Kier molecular flexibility index (Phi) is 4.51. The molecule has 1 fully saturated rings. The second-order valence-corrected chi connectivity index (χ2v) is 6.35. The Morgan fingerprint density at radius 3 is 2.50 bits per heavy atom. The topological polar surface area (TPSA) is 33.2 Å². The lowest BCUT2D eigenvalue weighted by Gasteiger charge is -2.38. The van der Waals surface area contributed by atoms with E-state index in [9.17, 15) is 4.79 Å². The molecule has 0 amide bonds. The zero-order valence-electron chi connectivity index (χ0n) is 11.3. The summed E-state index contributed by atoms with van der Waals surface area (Å²) in [7, 11) is 4.09. The Balaban J connectivity index is 2.15. The van der Waals surface area contributed by atoms with E-state index in [1.165, 1.54) is 25.7 Å². The molecule has 3 nitrogen and oxygen atoms in total.